The molecule has 1 fully saturated rings. The Balaban J connectivity index is 2.33. The van der Waals surface area contributed by atoms with Crippen molar-refractivity contribution in [2.45, 2.75) is 65.8 Å². The third-order valence-electron chi connectivity index (χ3n) is 4.24. The molecular formula is C16H24BClO3. The molecule has 1 aromatic rings. The first-order valence-electron chi connectivity index (χ1n) is 7.36. The summed E-state index contributed by atoms with van der Waals surface area (Å²) in [7, 11) is -0.450. The summed E-state index contributed by atoms with van der Waals surface area (Å²) in [6.45, 7) is 14.1. The molecule has 0 unspecified atom stereocenters. The highest BCUT2D eigenvalue weighted by Crippen LogP contribution is 2.37. The lowest BCUT2D eigenvalue weighted by molar-refractivity contribution is 0.00578. The third-order valence-corrected chi connectivity index (χ3v) is 4.74. The van der Waals surface area contributed by atoms with Crippen molar-refractivity contribution >= 4 is 24.2 Å². The highest BCUT2D eigenvalue weighted by atomic mass is 35.5. The van der Waals surface area contributed by atoms with Crippen molar-refractivity contribution in [1.29, 1.82) is 0 Å². The van der Waals surface area contributed by atoms with E-state index < -0.39 is 7.12 Å². The minimum atomic E-state index is -0.450. The van der Waals surface area contributed by atoms with Gasteiger partial charge in [-0.1, -0.05) is 17.7 Å². The van der Waals surface area contributed by atoms with Crippen LogP contribution in [-0.4, -0.2) is 24.4 Å². The first-order chi connectivity index (χ1) is 9.55. The van der Waals surface area contributed by atoms with E-state index in [1.807, 2.05) is 60.6 Å². The van der Waals surface area contributed by atoms with Gasteiger partial charge >= 0.3 is 7.12 Å². The van der Waals surface area contributed by atoms with Crippen LogP contribution in [0.4, 0.5) is 0 Å². The standard InChI is InChI=1S/C16H24BClO3/c1-10(2)19-13-9-8-12(14(18)11(13)3)17-20-15(4,5)16(6,7)21-17/h8-10H,1-7H3. The molecule has 1 aliphatic rings. The number of hydrogen-bond acceptors (Lipinski definition) is 3. The van der Waals surface area contributed by atoms with Crippen molar-refractivity contribution in [3.63, 3.8) is 0 Å². The van der Waals surface area contributed by atoms with Gasteiger partial charge < -0.3 is 14.0 Å². The molecule has 1 aliphatic heterocycles. The third kappa shape index (κ3) is 3.08. The second kappa shape index (κ2) is 5.49. The topological polar surface area (TPSA) is 27.7 Å². The zero-order chi connectivity index (χ0) is 16.0. The van der Waals surface area contributed by atoms with Gasteiger partial charge in [-0.3, -0.25) is 0 Å². The minimum absolute atomic E-state index is 0.113. The molecule has 0 aliphatic carbocycles. The zero-order valence-corrected chi connectivity index (χ0v) is 14.7. The van der Waals surface area contributed by atoms with E-state index in [-0.39, 0.29) is 17.3 Å². The van der Waals surface area contributed by atoms with Gasteiger partial charge in [0.1, 0.15) is 5.75 Å². The average molecular weight is 311 g/mol. The van der Waals surface area contributed by atoms with Crippen molar-refractivity contribution in [3.8, 4) is 5.75 Å². The largest absolute Gasteiger partial charge is 0.496 e. The van der Waals surface area contributed by atoms with Gasteiger partial charge in [-0.15, -0.1) is 0 Å². The molecule has 0 atom stereocenters. The maximum absolute atomic E-state index is 6.51. The van der Waals surface area contributed by atoms with Crippen LogP contribution in [0.3, 0.4) is 0 Å². The van der Waals surface area contributed by atoms with Crippen molar-refractivity contribution < 1.29 is 14.0 Å². The summed E-state index contributed by atoms with van der Waals surface area (Å²) >= 11 is 6.51. The van der Waals surface area contributed by atoms with Gasteiger partial charge in [-0.05, 0) is 54.5 Å². The number of ether oxygens (including phenoxy) is 1. The zero-order valence-electron chi connectivity index (χ0n) is 13.9. The SMILES string of the molecule is Cc1c(OC(C)C)ccc(B2OC(C)(C)C(C)(C)O2)c1Cl. The molecule has 1 aromatic carbocycles. The summed E-state index contributed by atoms with van der Waals surface area (Å²) in [5, 5.41) is 0.645. The number of rotatable bonds is 3. The van der Waals surface area contributed by atoms with Crippen LogP contribution < -0.4 is 10.2 Å². The van der Waals surface area contributed by atoms with Crippen LogP contribution in [0.2, 0.25) is 5.02 Å². The van der Waals surface area contributed by atoms with Gasteiger partial charge in [0.15, 0.2) is 0 Å². The molecule has 3 nitrogen and oxygen atoms in total. The molecule has 1 heterocycles. The van der Waals surface area contributed by atoms with Crippen molar-refractivity contribution in [2.24, 2.45) is 0 Å². The van der Waals surface area contributed by atoms with Gasteiger partial charge in [0.05, 0.1) is 17.3 Å². The van der Waals surface area contributed by atoms with Crippen LogP contribution in [0.5, 0.6) is 5.75 Å². The Morgan fingerprint density at radius 3 is 2.10 bits per heavy atom. The highest BCUT2D eigenvalue weighted by Gasteiger charge is 2.52. The highest BCUT2D eigenvalue weighted by molar-refractivity contribution is 6.65. The van der Waals surface area contributed by atoms with Crippen molar-refractivity contribution in [3.05, 3.63) is 22.7 Å². The van der Waals surface area contributed by atoms with E-state index in [2.05, 4.69) is 0 Å². The molecule has 21 heavy (non-hydrogen) atoms. The molecule has 2 rings (SSSR count). The Morgan fingerprint density at radius 1 is 1.10 bits per heavy atom. The molecule has 5 heteroatoms. The maximum Gasteiger partial charge on any atom is 0.496 e. The van der Waals surface area contributed by atoms with E-state index in [1.165, 1.54) is 0 Å². The van der Waals surface area contributed by atoms with E-state index in [1.54, 1.807) is 0 Å². The Morgan fingerprint density at radius 2 is 1.62 bits per heavy atom. The lowest BCUT2D eigenvalue weighted by Gasteiger charge is -2.32. The lowest BCUT2D eigenvalue weighted by Crippen LogP contribution is -2.41. The fraction of sp³-hybridized carbons (Fsp3) is 0.625. The van der Waals surface area contributed by atoms with Crippen LogP contribution in [-0.2, 0) is 9.31 Å². The van der Waals surface area contributed by atoms with Gasteiger partial charge in [-0.2, -0.15) is 0 Å². The predicted octanol–water partition coefficient (Wildman–Crippen LogP) is 3.73. The van der Waals surface area contributed by atoms with Crippen molar-refractivity contribution in [1.82, 2.24) is 0 Å². The quantitative estimate of drug-likeness (QED) is 0.796. The van der Waals surface area contributed by atoms with Gasteiger partial charge in [0, 0.05) is 16.0 Å². The minimum Gasteiger partial charge on any atom is -0.491 e. The molecule has 1 saturated heterocycles. The van der Waals surface area contributed by atoms with Gasteiger partial charge in [0.2, 0.25) is 0 Å². The Bertz CT molecular complexity index is 525. The van der Waals surface area contributed by atoms with E-state index >= 15 is 0 Å². The first kappa shape index (κ1) is 16.7. The maximum atomic E-state index is 6.51. The Hall–Kier alpha value is -0.705. The summed E-state index contributed by atoms with van der Waals surface area (Å²) in [5.41, 5.74) is 1.02. The molecule has 0 amide bonds. The van der Waals surface area contributed by atoms with Crippen LogP contribution in [0.15, 0.2) is 12.1 Å². The smallest absolute Gasteiger partial charge is 0.491 e. The molecule has 116 valence electrons. The number of hydrogen-bond donors (Lipinski definition) is 0. The van der Waals surface area contributed by atoms with Gasteiger partial charge in [0.25, 0.3) is 0 Å². The fourth-order valence-electron chi connectivity index (χ4n) is 2.22. The normalized spacial score (nSPS) is 20.1. The molecule has 0 saturated carbocycles. The summed E-state index contributed by atoms with van der Waals surface area (Å²) in [6, 6.07) is 3.86. The summed E-state index contributed by atoms with van der Waals surface area (Å²) in [6.07, 6.45) is 0.113. The Kier molecular flexibility index (Phi) is 4.36. The fourth-order valence-corrected chi connectivity index (χ4v) is 2.47. The second-order valence-corrected chi connectivity index (χ2v) is 7.22. The van der Waals surface area contributed by atoms with E-state index in [9.17, 15) is 0 Å². The molecule has 0 bridgehead atoms. The van der Waals surface area contributed by atoms with Crippen LogP contribution in [0.25, 0.3) is 0 Å². The van der Waals surface area contributed by atoms with Gasteiger partial charge in [-0.25, -0.2) is 0 Å². The molecule has 0 radical (unpaired) electrons. The molecular weight excluding hydrogens is 286 g/mol. The van der Waals surface area contributed by atoms with Crippen molar-refractivity contribution in [2.75, 3.05) is 0 Å². The van der Waals surface area contributed by atoms with E-state index in [0.717, 1.165) is 16.8 Å². The summed E-state index contributed by atoms with van der Waals surface area (Å²) < 4.78 is 17.9. The lowest BCUT2D eigenvalue weighted by atomic mass is 9.78. The second-order valence-electron chi connectivity index (χ2n) is 6.85. The monoisotopic (exact) mass is 310 g/mol. The molecule has 0 N–H and O–H groups in total. The van der Waals surface area contributed by atoms with Crippen LogP contribution in [0.1, 0.15) is 47.1 Å². The number of halogens is 1. The Labute approximate surface area is 133 Å². The molecule has 0 spiro atoms. The number of benzene rings is 1. The predicted molar refractivity (Wildman–Crippen MR) is 87.7 cm³/mol. The average Bonchev–Trinajstić information content (AvgIpc) is 2.54. The molecule has 0 aromatic heterocycles. The summed E-state index contributed by atoms with van der Waals surface area (Å²) in [5.74, 6) is 0.801. The van der Waals surface area contributed by atoms with E-state index in [0.29, 0.717) is 5.02 Å². The van der Waals surface area contributed by atoms with Crippen LogP contribution >= 0.6 is 11.6 Å². The van der Waals surface area contributed by atoms with Crippen LogP contribution in [0, 0.1) is 6.92 Å². The summed E-state index contributed by atoms with van der Waals surface area (Å²) in [4.78, 5) is 0. The first-order valence-corrected chi connectivity index (χ1v) is 7.74. The van der Waals surface area contributed by atoms with E-state index in [4.69, 9.17) is 25.6 Å².